The quantitative estimate of drug-likeness (QED) is 0.859. The van der Waals surface area contributed by atoms with Crippen molar-refractivity contribution in [2.75, 3.05) is 7.11 Å². The van der Waals surface area contributed by atoms with Gasteiger partial charge >= 0.3 is 0 Å². The molecular weight excluding hydrogens is 290 g/mol. The molecule has 1 fully saturated rings. The SMILES string of the molecule is COc1ccc(Br)c(CC2CCCCC(N)C2)c1. The fraction of sp³-hybridized carbons (Fsp3) is 0.600. The molecule has 1 aromatic rings. The molecule has 2 rings (SSSR count). The maximum atomic E-state index is 6.14. The topological polar surface area (TPSA) is 35.2 Å². The molecule has 0 radical (unpaired) electrons. The number of ether oxygens (including phenoxy) is 1. The number of nitrogens with two attached hydrogens (primary N) is 1. The van der Waals surface area contributed by atoms with E-state index in [1.165, 1.54) is 35.7 Å². The molecule has 1 aliphatic carbocycles. The lowest BCUT2D eigenvalue weighted by molar-refractivity contribution is 0.410. The van der Waals surface area contributed by atoms with Crippen molar-refractivity contribution in [1.29, 1.82) is 0 Å². The highest BCUT2D eigenvalue weighted by Gasteiger charge is 2.18. The van der Waals surface area contributed by atoms with Crippen LogP contribution in [0.1, 0.15) is 37.7 Å². The van der Waals surface area contributed by atoms with Gasteiger partial charge in [0, 0.05) is 10.5 Å². The van der Waals surface area contributed by atoms with E-state index in [1.54, 1.807) is 7.11 Å². The molecule has 100 valence electrons. The van der Waals surface area contributed by atoms with Gasteiger partial charge in [0.2, 0.25) is 0 Å². The maximum absolute atomic E-state index is 6.14. The van der Waals surface area contributed by atoms with Crippen molar-refractivity contribution in [3.05, 3.63) is 28.2 Å². The van der Waals surface area contributed by atoms with E-state index in [-0.39, 0.29) is 0 Å². The molecule has 2 unspecified atom stereocenters. The number of rotatable bonds is 3. The summed E-state index contributed by atoms with van der Waals surface area (Å²) in [4.78, 5) is 0. The highest BCUT2D eigenvalue weighted by molar-refractivity contribution is 9.10. The van der Waals surface area contributed by atoms with Crippen LogP contribution < -0.4 is 10.5 Å². The summed E-state index contributed by atoms with van der Waals surface area (Å²) in [6, 6.07) is 6.60. The Labute approximate surface area is 118 Å². The van der Waals surface area contributed by atoms with Gasteiger partial charge in [-0.05, 0) is 48.9 Å². The van der Waals surface area contributed by atoms with Crippen molar-refractivity contribution < 1.29 is 4.74 Å². The van der Waals surface area contributed by atoms with E-state index in [4.69, 9.17) is 10.5 Å². The van der Waals surface area contributed by atoms with Crippen molar-refractivity contribution in [2.45, 2.75) is 44.6 Å². The minimum Gasteiger partial charge on any atom is -0.497 e. The summed E-state index contributed by atoms with van der Waals surface area (Å²) in [6.07, 6.45) is 7.36. The van der Waals surface area contributed by atoms with E-state index >= 15 is 0 Å². The van der Waals surface area contributed by atoms with Crippen LogP contribution in [0.2, 0.25) is 0 Å². The fourth-order valence-corrected chi connectivity index (χ4v) is 3.24. The average molecular weight is 312 g/mol. The zero-order chi connectivity index (χ0) is 13.0. The second-order valence-electron chi connectivity index (χ2n) is 5.31. The Balaban J connectivity index is 2.07. The van der Waals surface area contributed by atoms with Gasteiger partial charge in [-0.3, -0.25) is 0 Å². The van der Waals surface area contributed by atoms with Crippen LogP contribution in [0.5, 0.6) is 5.75 Å². The van der Waals surface area contributed by atoms with Crippen LogP contribution >= 0.6 is 15.9 Å². The third kappa shape index (κ3) is 3.72. The van der Waals surface area contributed by atoms with Gasteiger partial charge < -0.3 is 10.5 Å². The Morgan fingerprint density at radius 1 is 1.33 bits per heavy atom. The third-order valence-electron chi connectivity index (χ3n) is 3.83. The lowest BCUT2D eigenvalue weighted by atomic mass is 9.91. The molecule has 0 amide bonds. The van der Waals surface area contributed by atoms with E-state index in [1.807, 2.05) is 6.07 Å². The first kappa shape index (κ1) is 13.9. The van der Waals surface area contributed by atoms with Gasteiger partial charge in [-0.1, -0.05) is 35.2 Å². The molecule has 2 N–H and O–H groups in total. The van der Waals surface area contributed by atoms with Crippen molar-refractivity contribution in [1.82, 2.24) is 0 Å². The van der Waals surface area contributed by atoms with E-state index in [9.17, 15) is 0 Å². The van der Waals surface area contributed by atoms with Crippen LogP contribution in [0.4, 0.5) is 0 Å². The van der Waals surface area contributed by atoms with Crippen molar-refractivity contribution in [3.63, 3.8) is 0 Å². The summed E-state index contributed by atoms with van der Waals surface area (Å²) in [5, 5.41) is 0. The number of hydrogen-bond donors (Lipinski definition) is 1. The molecule has 0 bridgehead atoms. The Bertz CT molecular complexity index is 394. The van der Waals surface area contributed by atoms with Crippen LogP contribution in [0, 0.1) is 5.92 Å². The number of halogens is 1. The molecule has 1 saturated carbocycles. The van der Waals surface area contributed by atoms with Crippen molar-refractivity contribution in [3.8, 4) is 5.75 Å². The third-order valence-corrected chi connectivity index (χ3v) is 4.61. The summed E-state index contributed by atoms with van der Waals surface area (Å²) in [6.45, 7) is 0. The predicted molar refractivity (Wildman–Crippen MR) is 78.9 cm³/mol. The standard InChI is InChI=1S/C15H22BrNO/c1-18-14-6-7-15(16)12(10-14)8-11-4-2-3-5-13(17)9-11/h6-7,10-11,13H,2-5,8-9,17H2,1H3. The number of hydrogen-bond acceptors (Lipinski definition) is 2. The Kier molecular flexibility index (Phi) is 5.07. The van der Waals surface area contributed by atoms with Gasteiger partial charge in [-0.25, -0.2) is 0 Å². The highest BCUT2D eigenvalue weighted by atomic mass is 79.9. The molecule has 0 saturated heterocycles. The summed E-state index contributed by atoms with van der Waals surface area (Å²) in [7, 11) is 1.72. The monoisotopic (exact) mass is 311 g/mol. The van der Waals surface area contributed by atoms with E-state index in [2.05, 4.69) is 28.1 Å². The Hall–Kier alpha value is -0.540. The van der Waals surface area contributed by atoms with Crippen LogP contribution in [-0.2, 0) is 6.42 Å². The van der Waals surface area contributed by atoms with Crippen LogP contribution in [-0.4, -0.2) is 13.2 Å². The Morgan fingerprint density at radius 2 is 2.11 bits per heavy atom. The largest absolute Gasteiger partial charge is 0.497 e. The van der Waals surface area contributed by atoms with E-state index in [0.717, 1.165) is 18.6 Å². The smallest absolute Gasteiger partial charge is 0.119 e. The highest BCUT2D eigenvalue weighted by Crippen LogP contribution is 2.30. The first-order chi connectivity index (χ1) is 8.69. The number of benzene rings is 1. The second kappa shape index (κ2) is 6.58. The predicted octanol–water partition coefficient (Wildman–Crippen LogP) is 3.91. The van der Waals surface area contributed by atoms with Gasteiger partial charge in [-0.15, -0.1) is 0 Å². The summed E-state index contributed by atoms with van der Waals surface area (Å²) in [5.74, 6) is 1.65. The summed E-state index contributed by atoms with van der Waals surface area (Å²) >= 11 is 3.63. The first-order valence-corrected chi connectivity index (χ1v) is 7.56. The molecule has 0 spiro atoms. The van der Waals surface area contributed by atoms with Gasteiger partial charge in [0.05, 0.1) is 7.11 Å². The van der Waals surface area contributed by atoms with Gasteiger partial charge in [0.25, 0.3) is 0 Å². The van der Waals surface area contributed by atoms with Crippen molar-refractivity contribution >= 4 is 15.9 Å². The molecule has 0 aromatic heterocycles. The minimum atomic E-state index is 0.391. The normalized spacial score (nSPS) is 24.6. The van der Waals surface area contributed by atoms with E-state index < -0.39 is 0 Å². The van der Waals surface area contributed by atoms with Gasteiger partial charge in [0.15, 0.2) is 0 Å². The summed E-state index contributed by atoms with van der Waals surface area (Å²) < 4.78 is 6.48. The van der Waals surface area contributed by atoms with Gasteiger partial charge in [0.1, 0.15) is 5.75 Å². The molecule has 0 heterocycles. The number of methoxy groups -OCH3 is 1. The average Bonchev–Trinajstić information content (AvgIpc) is 2.56. The van der Waals surface area contributed by atoms with Crippen LogP contribution in [0.3, 0.4) is 0 Å². The van der Waals surface area contributed by atoms with Crippen LogP contribution in [0.25, 0.3) is 0 Å². The maximum Gasteiger partial charge on any atom is 0.119 e. The zero-order valence-corrected chi connectivity index (χ0v) is 12.6. The summed E-state index contributed by atoms with van der Waals surface area (Å²) in [5.41, 5.74) is 7.48. The first-order valence-electron chi connectivity index (χ1n) is 6.77. The molecule has 3 heteroatoms. The molecule has 0 aliphatic heterocycles. The minimum absolute atomic E-state index is 0.391. The lowest BCUT2D eigenvalue weighted by Crippen LogP contribution is -2.22. The molecule has 2 nitrogen and oxygen atoms in total. The fourth-order valence-electron chi connectivity index (χ4n) is 2.83. The molecular formula is C15H22BrNO. The Morgan fingerprint density at radius 3 is 2.89 bits per heavy atom. The second-order valence-corrected chi connectivity index (χ2v) is 6.16. The van der Waals surface area contributed by atoms with E-state index in [0.29, 0.717) is 12.0 Å². The van der Waals surface area contributed by atoms with Crippen molar-refractivity contribution in [2.24, 2.45) is 11.7 Å². The van der Waals surface area contributed by atoms with Crippen LogP contribution in [0.15, 0.2) is 22.7 Å². The van der Waals surface area contributed by atoms with Gasteiger partial charge in [-0.2, -0.15) is 0 Å². The molecule has 1 aliphatic rings. The zero-order valence-electron chi connectivity index (χ0n) is 11.0. The molecule has 2 atom stereocenters. The molecule has 18 heavy (non-hydrogen) atoms. The molecule has 1 aromatic carbocycles. The lowest BCUT2D eigenvalue weighted by Gasteiger charge is -2.18.